The summed E-state index contributed by atoms with van der Waals surface area (Å²) in [6, 6.07) is 11.3. The van der Waals surface area contributed by atoms with Crippen LogP contribution in [0.25, 0.3) is 0 Å². The number of para-hydroxylation sites is 1. The van der Waals surface area contributed by atoms with Gasteiger partial charge in [0.15, 0.2) is 5.78 Å². The second kappa shape index (κ2) is 9.90. The van der Waals surface area contributed by atoms with Crippen LogP contribution >= 0.6 is 0 Å². The Hall–Kier alpha value is -3.68. The van der Waals surface area contributed by atoms with Crippen molar-refractivity contribution in [2.24, 2.45) is 5.41 Å². The summed E-state index contributed by atoms with van der Waals surface area (Å²) in [6.07, 6.45) is -1.44. The van der Waals surface area contributed by atoms with Crippen LogP contribution in [0.5, 0.6) is 0 Å². The molecule has 1 aliphatic carbocycles. The van der Waals surface area contributed by atoms with Crippen LogP contribution < -0.4 is 9.80 Å². The van der Waals surface area contributed by atoms with Gasteiger partial charge in [-0.1, -0.05) is 30.4 Å². The summed E-state index contributed by atoms with van der Waals surface area (Å²) in [5, 5.41) is 0. The molecule has 0 fully saturated rings. The lowest BCUT2D eigenvalue weighted by Gasteiger charge is -2.35. The number of hydrogen-bond donors (Lipinski definition) is 0. The molecule has 1 atom stereocenters. The Bertz CT molecular complexity index is 1200. The lowest BCUT2D eigenvalue weighted by atomic mass is 9.80. The molecule has 1 unspecified atom stereocenters. The van der Waals surface area contributed by atoms with Crippen molar-refractivity contribution in [2.45, 2.75) is 33.4 Å². The highest BCUT2D eigenvalue weighted by molar-refractivity contribution is 6.20. The zero-order chi connectivity index (χ0) is 26.0. The molecule has 35 heavy (non-hydrogen) atoms. The molecule has 0 aromatic heterocycles. The van der Waals surface area contributed by atoms with E-state index in [1.54, 1.807) is 68.3 Å². The molecular weight excluding hydrogens is 457 g/mol. The van der Waals surface area contributed by atoms with Crippen LogP contribution in [0.15, 0.2) is 71.8 Å². The number of nitrogens with zero attached hydrogens (tertiary/aromatic N) is 2. The second-order valence-corrected chi connectivity index (χ2v) is 8.42. The summed E-state index contributed by atoms with van der Waals surface area (Å²) in [7, 11) is 1.70. The highest BCUT2D eigenvalue weighted by Crippen LogP contribution is 2.47. The van der Waals surface area contributed by atoms with Gasteiger partial charge in [0.1, 0.15) is 11.7 Å². The maximum Gasteiger partial charge on any atom is 0.416 e. The predicted octanol–water partition coefficient (Wildman–Crippen LogP) is 5.88. The van der Waals surface area contributed by atoms with Gasteiger partial charge in [-0.3, -0.25) is 14.5 Å². The number of allylic oxidation sites excluding steroid dienone is 3. The van der Waals surface area contributed by atoms with Gasteiger partial charge in [-0.25, -0.2) is 0 Å². The van der Waals surface area contributed by atoms with Crippen molar-refractivity contribution in [1.82, 2.24) is 0 Å². The number of hydrogen-bond acceptors (Lipinski definition) is 4. The summed E-state index contributed by atoms with van der Waals surface area (Å²) >= 11 is 0. The Morgan fingerprint density at radius 2 is 1.77 bits per heavy atom. The highest BCUT2D eigenvalue weighted by Gasteiger charge is 2.52. The van der Waals surface area contributed by atoms with E-state index in [0.717, 1.165) is 17.0 Å². The van der Waals surface area contributed by atoms with Gasteiger partial charge in [0.2, 0.25) is 5.91 Å². The van der Waals surface area contributed by atoms with Crippen molar-refractivity contribution in [3.05, 3.63) is 77.4 Å². The van der Waals surface area contributed by atoms with Gasteiger partial charge in [-0.05, 0) is 62.2 Å². The molecule has 3 rings (SSSR count). The average molecular weight is 485 g/mol. The van der Waals surface area contributed by atoms with E-state index in [-0.39, 0.29) is 34.7 Å². The molecule has 0 saturated heterocycles. The van der Waals surface area contributed by atoms with Crippen molar-refractivity contribution in [3.63, 3.8) is 0 Å². The number of benzene rings is 2. The summed E-state index contributed by atoms with van der Waals surface area (Å²) in [5.41, 5.74) is -1.64. The summed E-state index contributed by atoms with van der Waals surface area (Å²) < 4.78 is 41.2. The summed E-state index contributed by atoms with van der Waals surface area (Å²) in [6.45, 7) is 5.52. The number of carbonyl (C=O) groups is 3. The first-order valence-corrected chi connectivity index (χ1v) is 11.2. The van der Waals surface area contributed by atoms with Crippen LogP contribution in [-0.2, 0) is 20.6 Å². The summed E-state index contributed by atoms with van der Waals surface area (Å²) in [4.78, 5) is 42.3. The zero-order valence-corrected chi connectivity index (χ0v) is 20.0. The molecule has 184 valence electrons. The standard InChI is InChI=1S/C27H27F3N2O3/c1-5-10-21-18(3)24(34)16-26(21,17-33)25(35)32(20-11-8-7-9-12-20)23-15-19(27(28,29)30)13-14-22(23)31(4)6-2/h5,7-15,17H,6,16H2,1-4H3/b10-5-. The third-order valence-corrected chi connectivity index (χ3v) is 6.31. The van der Waals surface area contributed by atoms with E-state index in [0.29, 0.717) is 18.5 Å². The van der Waals surface area contributed by atoms with Crippen LogP contribution in [0, 0.1) is 5.41 Å². The first kappa shape index (κ1) is 25.9. The maximum atomic E-state index is 14.3. The number of Topliss-reactive ketones (excluding diaryl/α,β-unsaturated/α-hetero) is 1. The lowest BCUT2D eigenvalue weighted by Crippen LogP contribution is -2.44. The number of ketones is 1. The fourth-order valence-corrected chi connectivity index (χ4v) is 4.27. The van der Waals surface area contributed by atoms with Gasteiger partial charge in [0, 0.05) is 25.7 Å². The van der Waals surface area contributed by atoms with E-state index in [1.165, 1.54) is 6.07 Å². The molecule has 0 aliphatic heterocycles. The van der Waals surface area contributed by atoms with E-state index in [2.05, 4.69) is 0 Å². The fourth-order valence-electron chi connectivity index (χ4n) is 4.27. The molecule has 2 aromatic carbocycles. The van der Waals surface area contributed by atoms with Crippen LogP contribution in [0.2, 0.25) is 0 Å². The van der Waals surface area contributed by atoms with E-state index in [9.17, 15) is 27.6 Å². The Balaban J connectivity index is 2.36. The minimum absolute atomic E-state index is 0.0292. The number of alkyl halides is 3. The van der Waals surface area contributed by atoms with Crippen molar-refractivity contribution in [1.29, 1.82) is 0 Å². The Kier molecular flexibility index (Phi) is 7.33. The Labute approximate surface area is 202 Å². The van der Waals surface area contributed by atoms with Gasteiger partial charge >= 0.3 is 6.18 Å². The number of halogens is 3. The van der Waals surface area contributed by atoms with E-state index >= 15 is 0 Å². The van der Waals surface area contributed by atoms with E-state index in [4.69, 9.17) is 0 Å². The maximum absolute atomic E-state index is 14.3. The fraction of sp³-hybridized carbons (Fsp3) is 0.296. The molecular formula is C27H27F3N2O3. The van der Waals surface area contributed by atoms with Crippen LogP contribution in [0.1, 0.15) is 32.8 Å². The van der Waals surface area contributed by atoms with Gasteiger partial charge in [-0.2, -0.15) is 13.2 Å². The number of carbonyl (C=O) groups excluding carboxylic acids is 3. The monoisotopic (exact) mass is 484 g/mol. The molecule has 0 saturated carbocycles. The molecule has 0 spiro atoms. The minimum Gasteiger partial charge on any atom is -0.373 e. The second-order valence-electron chi connectivity index (χ2n) is 8.42. The third kappa shape index (κ3) is 4.65. The first-order valence-electron chi connectivity index (χ1n) is 11.2. The quantitative estimate of drug-likeness (QED) is 0.364. The van der Waals surface area contributed by atoms with Gasteiger partial charge in [0.25, 0.3) is 0 Å². The van der Waals surface area contributed by atoms with Crippen molar-refractivity contribution in [2.75, 3.05) is 23.4 Å². The van der Waals surface area contributed by atoms with Gasteiger partial charge < -0.3 is 9.69 Å². The van der Waals surface area contributed by atoms with Crippen molar-refractivity contribution in [3.8, 4) is 0 Å². The zero-order valence-electron chi connectivity index (χ0n) is 20.0. The molecule has 0 radical (unpaired) electrons. The Morgan fingerprint density at radius 1 is 1.11 bits per heavy atom. The molecule has 0 N–H and O–H groups in total. The summed E-state index contributed by atoms with van der Waals surface area (Å²) in [5.74, 6) is -1.15. The number of aldehydes is 1. The molecule has 0 heterocycles. The normalized spacial score (nSPS) is 18.3. The van der Waals surface area contributed by atoms with Gasteiger partial charge in [-0.15, -0.1) is 0 Å². The lowest BCUT2D eigenvalue weighted by molar-refractivity contribution is -0.138. The average Bonchev–Trinajstić information content (AvgIpc) is 3.09. The number of amides is 1. The first-order chi connectivity index (χ1) is 16.5. The Morgan fingerprint density at radius 3 is 2.31 bits per heavy atom. The molecule has 1 amide bonds. The molecule has 5 nitrogen and oxygen atoms in total. The van der Waals surface area contributed by atoms with Crippen LogP contribution in [0.3, 0.4) is 0 Å². The molecule has 2 aromatic rings. The van der Waals surface area contributed by atoms with Crippen LogP contribution in [-0.4, -0.2) is 31.6 Å². The minimum atomic E-state index is -4.65. The topological polar surface area (TPSA) is 57.7 Å². The molecule has 1 aliphatic rings. The third-order valence-electron chi connectivity index (χ3n) is 6.31. The number of rotatable bonds is 7. The predicted molar refractivity (Wildman–Crippen MR) is 130 cm³/mol. The van der Waals surface area contributed by atoms with Crippen molar-refractivity contribution < 1.29 is 27.6 Å². The molecule has 0 bridgehead atoms. The highest BCUT2D eigenvalue weighted by atomic mass is 19.4. The largest absolute Gasteiger partial charge is 0.416 e. The smallest absolute Gasteiger partial charge is 0.373 e. The molecule has 8 heteroatoms. The van der Waals surface area contributed by atoms with Crippen LogP contribution in [0.4, 0.5) is 30.2 Å². The van der Waals surface area contributed by atoms with Crippen molar-refractivity contribution >= 4 is 35.0 Å². The van der Waals surface area contributed by atoms with Gasteiger partial charge in [0.05, 0.1) is 16.9 Å². The van der Waals surface area contributed by atoms with E-state index in [1.807, 2.05) is 6.92 Å². The van der Waals surface area contributed by atoms with E-state index < -0.39 is 23.1 Å². The SMILES string of the molecule is C/C=C\C1=C(C)C(=O)CC1(C=O)C(=O)N(c1ccccc1)c1cc(C(F)(F)F)ccc1N(C)CC. The number of anilines is 3.